The molecule has 2 aromatic carbocycles. The Bertz CT molecular complexity index is 899. The first-order valence-corrected chi connectivity index (χ1v) is 9.17. The number of nitrogens with zero attached hydrogens (tertiary/aromatic N) is 1. The van der Waals surface area contributed by atoms with Crippen LogP contribution in [0, 0.1) is 5.82 Å². The van der Waals surface area contributed by atoms with Crippen LogP contribution in [0.15, 0.2) is 59.5 Å². The molecular weight excluding hydrogens is 367 g/mol. The van der Waals surface area contributed by atoms with Gasteiger partial charge < -0.3 is 5.32 Å². The molecular formula is C20H17FN2O3S. The summed E-state index contributed by atoms with van der Waals surface area (Å²) in [6.07, 6.45) is 1.57. The van der Waals surface area contributed by atoms with Crippen molar-refractivity contribution >= 4 is 34.9 Å². The molecule has 0 aliphatic carbocycles. The first kappa shape index (κ1) is 18.8. The highest BCUT2D eigenvalue weighted by atomic mass is 32.2. The molecule has 1 heterocycles. The van der Waals surface area contributed by atoms with Crippen molar-refractivity contribution in [3.63, 3.8) is 0 Å². The number of amides is 3. The molecule has 0 radical (unpaired) electrons. The third-order valence-corrected chi connectivity index (χ3v) is 4.84. The standard InChI is InChI=1S/C20H17FN2O3S/c21-16-9-5-4-8-15(16)13-18(24)22-10-11-23-19(25)17(27-20(23)26)12-14-6-2-1-3-7-14/h1-9,12H,10-11,13H2,(H,22,24)/b17-12+. The van der Waals surface area contributed by atoms with Crippen molar-refractivity contribution in [3.8, 4) is 0 Å². The van der Waals surface area contributed by atoms with Gasteiger partial charge in [-0.2, -0.15) is 0 Å². The molecule has 0 aromatic heterocycles. The predicted molar refractivity (Wildman–Crippen MR) is 102 cm³/mol. The van der Waals surface area contributed by atoms with E-state index in [1.165, 1.54) is 6.07 Å². The highest BCUT2D eigenvalue weighted by Crippen LogP contribution is 2.31. The summed E-state index contributed by atoms with van der Waals surface area (Å²) in [4.78, 5) is 37.8. The summed E-state index contributed by atoms with van der Waals surface area (Å²) in [7, 11) is 0. The second-order valence-corrected chi connectivity index (χ2v) is 6.86. The molecule has 3 rings (SSSR count). The fourth-order valence-electron chi connectivity index (χ4n) is 2.58. The van der Waals surface area contributed by atoms with Gasteiger partial charge in [0.05, 0.1) is 11.3 Å². The lowest BCUT2D eigenvalue weighted by atomic mass is 10.1. The number of thioether (sulfide) groups is 1. The van der Waals surface area contributed by atoms with Crippen LogP contribution in [-0.4, -0.2) is 35.0 Å². The second kappa shape index (κ2) is 8.64. The predicted octanol–water partition coefficient (Wildman–Crippen LogP) is 3.22. The van der Waals surface area contributed by atoms with Crippen molar-refractivity contribution in [1.82, 2.24) is 10.2 Å². The van der Waals surface area contributed by atoms with Crippen LogP contribution in [0.3, 0.4) is 0 Å². The number of halogens is 1. The average Bonchev–Trinajstić information content (AvgIpc) is 2.92. The number of imide groups is 1. The Hall–Kier alpha value is -2.93. The molecule has 2 aromatic rings. The van der Waals surface area contributed by atoms with Crippen LogP contribution in [0.1, 0.15) is 11.1 Å². The molecule has 27 heavy (non-hydrogen) atoms. The van der Waals surface area contributed by atoms with Gasteiger partial charge in [0.1, 0.15) is 5.82 Å². The second-order valence-electron chi connectivity index (χ2n) is 5.86. The summed E-state index contributed by atoms with van der Waals surface area (Å²) in [6, 6.07) is 15.3. The normalized spacial score (nSPS) is 15.4. The monoisotopic (exact) mass is 384 g/mol. The van der Waals surface area contributed by atoms with Gasteiger partial charge in [0.2, 0.25) is 5.91 Å². The lowest BCUT2D eigenvalue weighted by Gasteiger charge is -2.13. The molecule has 0 saturated carbocycles. The molecule has 0 bridgehead atoms. The zero-order valence-corrected chi connectivity index (χ0v) is 15.2. The first-order valence-electron chi connectivity index (χ1n) is 8.35. The van der Waals surface area contributed by atoms with Gasteiger partial charge in [-0.25, -0.2) is 4.39 Å². The molecule has 1 N–H and O–H groups in total. The van der Waals surface area contributed by atoms with Crippen LogP contribution in [0.25, 0.3) is 6.08 Å². The molecule has 1 fully saturated rings. The topological polar surface area (TPSA) is 66.5 Å². The molecule has 0 spiro atoms. The third-order valence-electron chi connectivity index (χ3n) is 3.94. The molecule has 1 aliphatic heterocycles. The molecule has 0 atom stereocenters. The SMILES string of the molecule is O=C(Cc1ccccc1F)NCCN1C(=O)S/C(=C/c2ccccc2)C1=O. The van der Waals surface area contributed by atoms with E-state index in [0.717, 1.165) is 22.2 Å². The van der Waals surface area contributed by atoms with E-state index >= 15 is 0 Å². The number of carbonyl (C=O) groups is 3. The average molecular weight is 384 g/mol. The largest absolute Gasteiger partial charge is 0.354 e. The van der Waals surface area contributed by atoms with Crippen LogP contribution in [-0.2, 0) is 16.0 Å². The van der Waals surface area contributed by atoms with E-state index in [1.807, 2.05) is 30.3 Å². The zero-order chi connectivity index (χ0) is 19.2. The minimum atomic E-state index is -0.440. The number of carbonyl (C=O) groups excluding carboxylic acids is 3. The van der Waals surface area contributed by atoms with Gasteiger partial charge in [0, 0.05) is 13.1 Å². The Balaban J connectivity index is 1.53. The van der Waals surface area contributed by atoms with Crippen LogP contribution in [0.5, 0.6) is 0 Å². The summed E-state index contributed by atoms with van der Waals surface area (Å²) < 4.78 is 13.6. The van der Waals surface area contributed by atoms with E-state index in [-0.39, 0.29) is 36.6 Å². The lowest BCUT2D eigenvalue weighted by Crippen LogP contribution is -2.37. The molecule has 0 unspecified atom stereocenters. The molecule has 5 nitrogen and oxygen atoms in total. The van der Waals surface area contributed by atoms with Crippen LogP contribution in [0.4, 0.5) is 9.18 Å². The van der Waals surface area contributed by atoms with E-state index in [2.05, 4.69) is 5.32 Å². The van der Waals surface area contributed by atoms with Crippen LogP contribution >= 0.6 is 11.8 Å². The number of hydrogen-bond donors (Lipinski definition) is 1. The van der Waals surface area contributed by atoms with Crippen LogP contribution in [0.2, 0.25) is 0 Å². The van der Waals surface area contributed by atoms with E-state index < -0.39 is 5.82 Å². The molecule has 3 amide bonds. The van der Waals surface area contributed by atoms with Gasteiger partial charge >= 0.3 is 0 Å². The summed E-state index contributed by atoms with van der Waals surface area (Å²) in [5.41, 5.74) is 1.13. The van der Waals surface area contributed by atoms with E-state index in [4.69, 9.17) is 0 Å². The Kier molecular flexibility index (Phi) is 6.03. The van der Waals surface area contributed by atoms with Gasteiger partial charge in [-0.15, -0.1) is 0 Å². The van der Waals surface area contributed by atoms with Crippen LogP contribution < -0.4 is 5.32 Å². The maximum absolute atomic E-state index is 13.6. The van der Waals surface area contributed by atoms with Crippen molar-refractivity contribution in [1.29, 1.82) is 0 Å². The van der Waals surface area contributed by atoms with Crippen molar-refractivity contribution in [2.45, 2.75) is 6.42 Å². The fourth-order valence-corrected chi connectivity index (χ4v) is 3.44. The summed E-state index contributed by atoms with van der Waals surface area (Å²) in [6.45, 7) is 0.184. The van der Waals surface area contributed by atoms with Gasteiger partial charge in [-0.05, 0) is 35.0 Å². The third kappa shape index (κ3) is 4.83. The first-order chi connectivity index (χ1) is 13.0. The summed E-state index contributed by atoms with van der Waals surface area (Å²) in [5, 5.41) is 2.24. The van der Waals surface area contributed by atoms with E-state index in [1.54, 1.807) is 24.3 Å². The maximum atomic E-state index is 13.6. The zero-order valence-electron chi connectivity index (χ0n) is 14.4. The number of nitrogens with one attached hydrogen (secondary N) is 1. The number of benzene rings is 2. The quantitative estimate of drug-likeness (QED) is 0.777. The molecule has 1 saturated heterocycles. The van der Waals surface area contributed by atoms with Crippen molar-refractivity contribution < 1.29 is 18.8 Å². The van der Waals surface area contributed by atoms with Gasteiger partial charge in [0.15, 0.2) is 0 Å². The van der Waals surface area contributed by atoms with E-state index in [0.29, 0.717) is 10.5 Å². The van der Waals surface area contributed by atoms with Gasteiger partial charge in [-0.1, -0.05) is 48.5 Å². The highest BCUT2D eigenvalue weighted by molar-refractivity contribution is 8.18. The molecule has 1 aliphatic rings. The fraction of sp³-hybridized carbons (Fsp3) is 0.150. The molecule has 138 valence electrons. The Labute approximate surface area is 160 Å². The maximum Gasteiger partial charge on any atom is 0.293 e. The van der Waals surface area contributed by atoms with Gasteiger partial charge in [-0.3, -0.25) is 19.3 Å². The highest BCUT2D eigenvalue weighted by Gasteiger charge is 2.34. The number of hydrogen-bond acceptors (Lipinski definition) is 4. The Morgan fingerprint density at radius 2 is 1.78 bits per heavy atom. The summed E-state index contributed by atoms with van der Waals surface area (Å²) in [5.74, 6) is -1.19. The minimum absolute atomic E-state index is 0.0693. The smallest absolute Gasteiger partial charge is 0.293 e. The van der Waals surface area contributed by atoms with Crippen molar-refractivity contribution in [3.05, 3.63) is 76.4 Å². The Morgan fingerprint density at radius 3 is 2.52 bits per heavy atom. The van der Waals surface area contributed by atoms with E-state index in [9.17, 15) is 18.8 Å². The summed E-state index contributed by atoms with van der Waals surface area (Å²) >= 11 is 0.876. The number of rotatable bonds is 6. The molecule has 7 heteroatoms. The van der Waals surface area contributed by atoms with Crippen molar-refractivity contribution in [2.24, 2.45) is 0 Å². The lowest BCUT2D eigenvalue weighted by molar-refractivity contribution is -0.124. The van der Waals surface area contributed by atoms with Crippen molar-refractivity contribution in [2.75, 3.05) is 13.1 Å². The van der Waals surface area contributed by atoms with Gasteiger partial charge in [0.25, 0.3) is 11.1 Å². The Morgan fingerprint density at radius 1 is 1.07 bits per heavy atom. The minimum Gasteiger partial charge on any atom is -0.354 e.